The summed E-state index contributed by atoms with van der Waals surface area (Å²) in [6.07, 6.45) is 4.91. The van der Waals surface area contributed by atoms with Crippen LogP contribution in [0, 0.1) is 13.8 Å². The molecule has 0 bridgehead atoms. The number of carbonyl (C=O) groups is 2. The van der Waals surface area contributed by atoms with Crippen molar-refractivity contribution in [1.29, 1.82) is 0 Å². The van der Waals surface area contributed by atoms with E-state index in [1.165, 1.54) is 5.56 Å². The summed E-state index contributed by atoms with van der Waals surface area (Å²) in [6.45, 7) is 4.70. The molecule has 1 aromatic rings. The fraction of sp³-hybridized carbons (Fsp3) is 0.529. The number of hydrogen-bond acceptors (Lipinski definition) is 2. The minimum atomic E-state index is -0.726. The van der Waals surface area contributed by atoms with Crippen molar-refractivity contribution >= 4 is 11.9 Å². The lowest BCUT2D eigenvalue weighted by atomic mass is 10.1. The van der Waals surface area contributed by atoms with E-state index in [0.29, 0.717) is 12.1 Å². The molecule has 0 aromatic heterocycles. The molecule has 0 fully saturated rings. The van der Waals surface area contributed by atoms with Gasteiger partial charge >= 0.3 is 5.97 Å². The van der Waals surface area contributed by atoms with Gasteiger partial charge in [0.2, 0.25) is 0 Å². The summed E-state index contributed by atoms with van der Waals surface area (Å²) >= 11 is 0. The molecule has 1 amide bonds. The summed E-state index contributed by atoms with van der Waals surface area (Å²) in [5, 5.41) is 11.4. The predicted molar refractivity (Wildman–Crippen MR) is 83.6 cm³/mol. The van der Waals surface area contributed by atoms with Gasteiger partial charge in [-0.15, -0.1) is 0 Å². The topological polar surface area (TPSA) is 66.4 Å². The molecule has 1 aromatic carbocycles. The number of rotatable bonds is 9. The van der Waals surface area contributed by atoms with Crippen LogP contribution in [0.1, 0.15) is 60.0 Å². The molecule has 0 unspecified atom stereocenters. The molecule has 4 heteroatoms. The molecular formula is C17H25NO3. The maximum Gasteiger partial charge on any atom is 0.303 e. The van der Waals surface area contributed by atoms with Gasteiger partial charge in [0.15, 0.2) is 0 Å². The maximum atomic E-state index is 11.9. The summed E-state index contributed by atoms with van der Waals surface area (Å²) in [7, 11) is 0. The zero-order valence-electron chi connectivity index (χ0n) is 12.9. The lowest BCUT2D eigenvalue weighted by molar-refractivity contribution is -0.137. The van der Waals surface area contributed by atoms with Crippen molar-refractivity contribution < 1.29 is 14.7 Å². The Morgan fingerprint density at radius 3 is 2.33 bits per heavy atom. The van der Waals surface area contributed by atoms with Gasteiger partial charge in [-0.25, -0.2) is 0 Å². The van der Waals surface area contributed by atoms with Gasteiger partial charge in [-0.3, -0.25) is 9.59 Å². The highest BCUT2D eigenvalue weighted by Crippen LogP contribution is 2.10. The van der Waals surface area contributed by atoms with Gasteiger partial charge in [0.25, 0.3) is 5.91 Å². The fourth-order valence-electron chi connectivity index (χ4n) is 2.12. The summed E-state index contributed by atoms with van der Waals surface area (Å²) < 4.78 is 0. The molecule has 0 aliphatic rings. The minimum Gasteiger partial charge on any atom is -0.481 e. The molecule has 2 N–H and O–H groups in total. The van der Waals surface area contributed by atoms with Crippen LogP contribution in [0.4, 0.5) is 0 Å². The standard InChI is InChI=1S/C17H25NO3/c1-13-9-10-15(12-14(13)2)17(21)18-11-7-5-3-4-6-8-16(19)20/h9-10,12H,3-8,11H2,1-2H3,(H,18,21)(H,19,20). The van der Waals surface area contributed by atoms with Crippen LogP contribution in [0.3, 0.4) is 0 Å². The number of unbranched alkanes of at least 4 members (excludes halogenated alkanes) is 4. The first-order valence-corrected chi connectivity index (χ1v) is 7.58. The number of aliphatic carboxylic acids is 1. The van der Waals surface area contributed by atoms with Crippen molar-refractivity contribution in [2.45, 2.75) is 52.4 Å². The molecule has 0 spiro atoms. The lowest BCUT2D eigenvalue weighted by Crippen LogP contribution is -2.24. The Labute approximate surface area is 126 Å². The van der Waals surface area contributed by atoms with E-state index in [4.69, 9.17) is 5.11 Å². The molecule has 0 saturated carbocycles. The number of aryl methyl sites for hydroxylation is 2. The van der Waals surface area contributed by atoms with Gasteiger partial charge in [-0.2, -0.15) is 0 Å². The van der Waals surface area contributed by atoms with Crippen LogP contribution >= 0.6 is 0 Å². The van der Waals surface area contributed by atoms with Crippen molar-refractivity contribution in [1.82, 2.24) is 5.32 Å². The maximum absolute atomic E-state index is 11.9. The first-order chi connectivity index (χ1) is 10.0. The van der Waals surface area contributed by atoms with Gasteiger partial charge in [-0.1, -0.05) is 25.3 Å². The number of hydrogen-bond donors (Lipinski definition) is 2. The van der Waals surface area contributed by atoms with Gasteiger partial charge in [0.05, 0.1) is 0 Å². The van der Waals surface area contributed by atoms with E-state index >= 15 is 0 Å². The zero-order chi connectivity index (χ0) is 15.7. The summed E-state index contributed by atoms with van der Waals surface area (Å²) in [5.74, 6) is -0.750. The van der Waals surface area contributed by atoms with Crippen LogP contribution < -0.4 is 5.32 Å². The van der Waals surface area contributed by atoms with E-state index in [9.17, 15) is 9.59 Å². The lowest BCUT2D eigenvalue weighted by Gasteiger charge is -2.07. The Morgan fingerprint density at radius 1 is 1.00 bits per heavy atom. The first-order valence-electron chi connectivity index (χ1n) is 7.58. The number of carboxylic acid groups (broad SMARTS) is 1. The normalized spacial score (nSPS) is 10.4. The second kappa shape index (κ2) is 9.16. The van der Waals surface area contributed by atoms with Crippen molar-refractivity contribution in [3.05, 3.63) is 34.9 Å². The van der Waals surface area contributed by atoms with E-state index < -0.39 is 5.97 Å². The molecule has 0 heterocycles. The molecule has 4 nitrogen and oxygen atoms in total. The largest absolute Gasteiger partial charge is 0.481 e. The molecule has 0 aliphatic carbocycles. The SMILES string of the molecule is Cc1ccc(C(=O)NCCCCCCCC(=O)O)cc1C. The molecular weight excluding hydrogens is 266 g/mol. The molecule has 0 radical (unpaired) electrons. The molecule has 21 heavy (non-hydrogen) atoms. The predicted octanol–water partition coefficient (Wildman–Crippen LogP) is 3.46. The third-order valence-electron chi connectivity index (χ3n) is 3.62. The van der Waals surface area contributed by atoms with Crippen LogP contribution in [-0.2, 0) is 4.79 Å². The Morgan fingerprint density at radius 2 is 1.67 bits per heavy atom. The van der Waals surface area contributed by atoms with Gasteiger partial charge < -0.3 is 10.4 Å². The number of carboxylic acids is 1. The third-order valence-corrected chi connectivity index (χ3v) is 3.62. The van der Waals surface area contributed by atoms with Crippen molar-refractivity contribution in [2.24, 2.45) is 0 Å². The second-order valence-corrected chi connectivity index (χ2v) is 5.47. The van der Waals surface area contributed by atoms with Crippen molar-refractivity contribution in [2.75, 3.05) is 6.54 Å². The highest BCUT2D eigenvalue weighted by molar-refractivity contribution is 5.94. The number of amides is 1. The van der Waals surface area contributed by atoms with Gasteiger partial charge in [-0.05, 0) is 49.9 Å². The van der Waals surface area contributed by atoms with Gasteiger partial charge in [0.1, 0.15) is 0 Å². The monoisotopic (exact) mass is 291 g/mol. The number of carbonyl (C=O) groups excluding carboxylic acids is 1. The van der Waals surface area contributed by atoms with Gasteiger partial charge in [0, 0.05) is 18.5 Å². The molecule has 0 saturated heterocycles. The van der Waals surface area contributed by atoms with E-state index in [1.54, 1.807) is 0 Å². The summed E-state index contributed by atoms with van der Waals surface area (Å²) in [4.78, 5) is 22.3. The smallest absolute Gasteiger partial charge is 0.303 e. The van der Waals surface area contributed by atoms with E-state index in [2.05, 4.69) is 5.32 Å². The number of benzene rings is 1. The molecule has 1 rings (SSSR count). The highest BCUT2D eigenvalue weighted by Gasteiger charge is 2.05. The van der Waals surface area contributed by atoms with Crippen LogP contribution in [-0.4, -0.2) is 23.5 Å². The third kappa shape index (κ3) is 6.93. The summed E-state index contributed by atoms with van der Waals surface area (Å²) in [5.41, 5.74) is 3.02. The van der Waals surface area contributed by atoms with E-state index in [-0.39, 0.29) is 12.3 Å². The molecule has 0 aliphatic heterocycles. The first kappa shape index (κ1) is 17.2. The van der Waals surface area contributed by atoms with Crippen LogP contribution in [0.2, 0.25) is 0 Å². The Kier molecular flexibility index (Phi) is 7.51. The summed E-state index contributed by atoms with van der Waals surface area (Å²) in [6, 6.07) is 5.73. The van der Waals surface area contributed by atoms with Crippen molar-refractivity contribution in [3.8, 4) is 0 Å². The van der Waals surface area contributed by atoms with Crippen LogP contribution in [0.5, 0.6) is 0 Å². The average molecular weight is 291 g/mol. The average Bonchev–Trinajstić information content (AvgIpc) is 2.44. The zero-order valence-corrected chi connectivity index (χ0v) is 12.9. The number of nitrogens with one attached hydrogen (secondary N) is 1. The quantitative estimate of drug-likeness (QED) is 0.685. The van der Waals surface area contributed by atoms with E-state index in [0.717, 1.165) is 37.7 Å². The highest BCUT2D eigenvalue weighted by atomic mass is 16.4. The molecule has 116 valence electrons. The Hall–Kier alpha value is -1.84. The second-order valence-electron chi connectivity index (χ2n) is 5.47. The van der Waals surface area contributed by atoms with E-state index in [1.807, 2.05) is 32.0 Å². The van der Waals surface area contributed by atoms with Crippen molar-refractivity contribution in [3.63, 3.8) is 0 Å². The minimum absolute atomic E-state index is 0.0241. The van der Waals surface area contributed by atoms with Crippen LogP contribution in [0.15, 0.2) is 18.2 Å². The molecule has 0 atom stereocenters. The fourth-order valence-corrected chi connectivity index (χ4v) is 2.12. The Bertz CT molecular complexity index is 483. The van der Waals surface area contributed by atoms with Crippen LogP contribution in [0.25, 0.3) is 0 Å². The Balaban J connectivity index is 2.13.